The van der Waals surface area contributed by atoms with Crippen LogP contribution in [0.5, 0.6) is 0 Å². The van der Waals surface area contributed by atoms with E-state index in [4.69, 9.17) is 0 Å². The van der Waals surface area contributed by atoms with Crippen LogP contribution in [0.3, 0.4) is 0 Å². The number of hydrogen-bond acceptors (Lipinski definition) is 4. The molecule has 0 radical (unpaired) electrons. The van der Waals surface area contributed by atoms with Gasteiger partial charge in [0.2, 0.25) is 0 Å². The van der Waals surface area contributed by atoms with E-state index in [0.29, 0.717) is 6.04 Å². The van der Waals surface area contributed by atoms with Gasteiger partial charge in [-0.15, -0.1) is 19.1 Å². The standard InChI is InChI=1S/C28H64N4P/c1-9-17-18-19-20-21-28(16-8)29-33(30(22-10-2)23-11-3,31(24-12-4)25-13-5)32(26-14-6)27-15-7/h28-29H,9-27H2,1-8H3/q+1. The largest absolute Gasteiger partial charge is 0.306 e. The third-order valence-corrected chi connectivity index (χ3v) is 10.9. The Morgan fingerprint density at radius 3 is 1.15 bits per heavy atom. The van der Waals surface area contributed by atoms with Crippen molar-refractivity contribution in [2.75, 3.05) is 39.3 Å². The highest BCUT2D eigenvalue weighted by Crippen LogP contribution is 2.65. The maximum Gasteiger partial charge on any atom is 0.306 e. The highest BCUT2D eigenvalue weighted by molar-refractivity contribution is 7.67. The Morgan fingerprint density at radius 1 is 0.485 bits per heavy atom. The Bertz CT molecular complexity index is 362. The van der Waals surface area contributed by atoms with Crippen LogP contribution < -0.4 is 5.09 Å². The normalized spacial score (nSPS) is 13.5. The smallest absolute Gasteiger partial charge is 0.143 e. The first kappa shape index (κ1) is 33.3. The maximum atomic E-state index is 4.51. The van der Waals surface area contributed by atoms with Crippen molar-refractivity contribution >= 4 is 7.87 Å². The molecule has 200 valence electrons. The molecule has 0 spiro atoms. The molecule has 0 saturated heterocycles. The lowest BCUT2D eigenvalue weighted by atomic mass is 10.1. The molecule has 0 aromatic carbocycles. The van der Waals surface area contributed by atoms with Gasteiger partial charge in [0.15, 0.2) is 0 Å². The maximum absolute atomic E-state index is 4.51. The average Bonchev–Trinajstić information content (AvgIpc) is 2.81. The first-order chi connectivity index (χ1) is 16.1. The average molecular weight is 488 g/mol. The van der Waals surface area contributed by atoms with Gasteiger partial charge in [0, 0.05) is 45.3 Å². The summed E-state index contributed by atoms with van der Waals surface area (Å²) >= 11 is 0. The molecule has 0 aliphatic heterocycles. The van der Waals surface area contributed by atoms with Crippen molar-refractivity contribution in [1.82, 2.24) is 19.1 Å². The Kier molecular flexibility index (Phi) is 21.7. The zero-order valence-electron chi connectivity index (χ0n) is 24.3. The third kappa shape index (κ3) is 11.7. The molecule has 0 aliphatic carbocycles. The lowest BCUT2D eigenvalue weighted by Gasteiger charge is -2.48. The van der Waals surface area contributed by atoms with Crippen molar-refractivity contribution in [2.24, 2.45) is 0 Å². The highest BCUT2D eigenvalue weighted by Gasteiger charge is 2.56. The highest BCUT2D eigenvalue weighted by atomic mass is 31.2. The van der Waals surface area contributed by atoms with E-state index in [9.17, 15) is 0 Å². The van der Waals surface area contributed by atoms with Crippen LogP contribution in [-0.4, -0.2) is 59.3 Å². The lowest BCUT2D eigenvalue weighted by Crippen LogP contribution is -2.54. The van der Waals surface area contributed by atoms with E-state index < -0.39 is 7.87 Å². The van der Waals surface area contributed by atoms with E-state index in [1.54, 1.807) is 0 Å². The van der Waals surface area contributed by atoms with Crippen LogP contribution >= 0.6 is 7.87 Å². The minimum Gasteiger partial charge on any atom is -0.143 e. The SMILES string of the molecule is CCCCCCCC(CC)N[P+](N(CCC)CCC)(N(CCC)CCC)N(CCC)CCC. The van der Waals surface area contributed by atoms with Crippen molar-refractivity contribution in [1.29, 1.82) is 0 Å². The van der Waals surface area contributed by atoms with Crippen molar-refractivity contribution in [3.8, 4) is 0 Å². The molecule has 0 bridgehead atoms. The van der Waals surface area contributed by atoms with Crippen LogP contribution in [-0.2, 0) is 0 Å². The second kappa shape index (κ2) is 21.5. The Labute approximate surface area is 211 Å². The zero-order chi connectivity index (χ0) is 25.0. The van der Waals surface area contributed by atoms with Gasteiger partial charge in [-0.1, -0.05) is 87.5 Å². The minimum absolute atomic E-state index is 0.614. The van der Waals surface area contributed by atoms with Crippen LogP contribution in [0.25, 0.3) is 0 Å². The van der Waals surface area contributed by atoms with Crippen molar-refractivity contribution in [2.45, 2.75) is 145 Å². The fraction of sp³-hybridized carbons (Fsp3) is 1.00. The fourth-order valence-electron chi connectivity index (χ4n) is 5.10. The topological polar surface area (TPSA) is 21.8 Å². The summed E-state index contributed by atoms with van der Waals surface area (Å²) in [6.45, 7) is 26.2. The van der Waals surface area contributed by atoms with Gasteiger partial charge in [-0.25, -0.2) is 0 Å². The lowest BCUT2D eigenvalue weighted by molar-refractivity contribution is 0.275. The molecule has 5 heteroatoms. The Balaban J connectivity index is 6.33. The number of nitrogens with zero attached hydrogens (tertiary/aromatic N) is 3. The van der Waals surface area contributed by atoms with E-state index >= 15 is 0 Å². The predicted molar refractivity (Wildman–Crippen MR) is 154 cm³/mol. The summed E-state index contributed by atoms with van der Waals surface area (Å²) in [7, 11) is -1.81. The summed E-state index contributed by atoms with van der Waals surface area (Å²) in [5.41, 5.74) is 0. The molecule has 1 atom stereocenters. The summed E-state index contributed by atoms with van der Waals surface area (Å²) in [5.74, 6) is 0. The zero-order valence-corrected chi connectivity index (χ0v) is 25.2. The molecule has 1 unspecified atom stereocenters. The molecule has 0 rings (SSSR count). The first-order valence-electron chi connectivity index (χ1n) is 15.0. The molecular weight excluding hydrogens is 423 g/mol. The molecule has 0 fully saturated rings. The summed E-state index contributed by atoms with van der Waals surface area (Å²) in [6, 6.07) is 0.614. The second-order valence-electron chi connectivity index (χ2n) is 9.87. The van der Waals surface area contributed by atoms with Crippen LogP contribution in [0.4, 0.5) is 0 Å². The van der Waals surface area contributed by atoms with E-state index in [1.165, 1.54) is 123 Å². The van der Waals surface area contributed by atoms with Crippen LogP contribution in [0.15, 0.2) is 0 Å². The van der Waals surface area contributed by atoms with Gasteiger partial charge in [0.1, 0.15) is 0 Å². The van der Waals surface area contributed by atoms with E-state index in [-0.39, 0.29) is 0 Å². The van der Waals surface area contributed by atoms with Gasteiger partial charge in [-0.2, -0.15) is 0 Å². The quantitative estimate of drug-likeness (QED) is 0.108. The number of unbranched alkanes of at least 4 members (excludes halogenated alkanes) is 4. The summed E-state index contributed by atoms with van der Waals surface area (Å²) in [4.78, 5) is 0. The predicted octanol–water partition coefficient (Wildman–Crippen LogP) is 8.76. The molecule has 1 N–H and O–H groups in total. The van der Waals surface area contributed by atoms with Crippen molar-refractivity contribution < 1.29 is 0 Å². The molecule has 0 aromatic heterocycles. The molecule has 33 heavy (non-hydrogen) atoms. The van der Waals surface area contributed by atoms with Crippen molar-refractivity contribution in [3.63, 3.8) is 0 Å². The number of rotatable bonds is 24. The van der Waals surface area contributed by atoms with Crippen LogP contribution in [0.2, 0.25) is 0 Å². The van der Waals surface area contributed by atoms with E-state index in [0.717, 1.165) is 0 Å². The first-order valence-corrected chi connectivity index (χ1v) is 16.6. The Morgan fingerprint density at radius 2 is 0.848 bits per heavy atom. The van der Waals surface area contributed by atoms with Crippen LogP contribution in [0.1, 0.15) is 139 Å². The summed E-state index contributed by atoms with van der Waals surface area (Å²) in [5, 5.41) is 4.51. The Hall–Kier alpha value is 0.270. The van der Waals surface area contributed by atoms with E-state index in [2.05, 4.69) is 74.5 Å². The molecule has 0 amide bonds. The summed E-state index contributed by atoms with van der Waals surface area (Å²) in [6.07, 6.45) is 16.8. The van der Waals surface area contributed by atoms with Crippen LogP contribution in [0, 0.1) is 0 Å². The molecule has 0 heterocycles. The summed E-state index contributed by atoms with van der Waals surface area (Å²) < 4.78 is 8.80. The van der Waals surface area contributed by atoms with Gasteiger partial charge >= 0.3 is 7.87 Å². The molecular formula is C28H64N4P+. The molecule has 0 saturated carbocycles. The number of hydrogen-bond donors (Lipinski definition) is 1. The third-order valence-electron chi connectivity index (χ3n) is 6.58. The van der Waals surface area contributed by atoms with Gasteiger partial charge in [-0.3, -0.25) is 0 Å². The van der Waals surface area contributed by atoms with Gasteiger partial charge in [0.05, 0.1) is 0 Å². The fourth-order valence-corrected chi connectivity index (χ4v) is 10.3. The van der Waals surface area contributed by atoms with E-state index in [1.807, 2.05) is 0 Å². The minimum atomic E-state index is -1.81. The van der Waals surface area contributed by atoms with Crippen molar-refractivity contribution in [3.05, 3.63) is 0 Å². The monoisotopic (exact) mass is 487 g/mol. The second-order valence-corrected chi connectivity index (χ2v) is 13.0. The van der Waals surface area contributed by atoms with Gasteiger partial charge in [0.25, 0.3) is 0 Å². The number of nitrogens with one attached hydrogen (secondary N) is 1. The van der Waals surface area contributed by atoms with Gasteiger partial charge in [-0.05, 0) is 51.4 Å². The molecule has 0 aromatic rings. The van der Waals surface area contributed by atoms with Gasteiger partial charge < -0.3 is 0 Å². The molecule has 4 nitrogen and oxygen atoms in total. The molecule has 0 aliphatic rings.